The molecule has 112 valence electrons. The lowest BCUT2D eigenvalue weighted by atomic mass is 9.93. The SMILES string of the molecule is Nc1nc(NC2CCC2)sc1C(=O)NCCc1cscn1. The summed E-state index contributed by atoms with van der Waals surface area (Å²) in [5.74, 6) is 0.134. The number of anilines is 2. The Morgan fingerprint density at radius 3 is 3.00 bits per heavy atom. The molecule has 0 radical (unpaired) electrons. The molecule has 2 aromatic rings. The third kappa shape index (κ3) is 3.51. The number of rotatable bonds is 6. The van der Waals surface area contributed by atoms with Crippen LogP contribution in [0.5, 0.6) is 0 Å². The van der Waals surface area contributed by atoms with Crippen molar-refractivity contribution < 1.29 is 4.79 Å². The maximum Gasteiger partial charge on any atom is 0.265 e. The number of carbonyl (C=O) groups excluding carboxylic acids is 1. The van der Waals surface area contributed by atoms with Gasteiger partial charge in [-0.25, -0.2) is 9.97 Å². The molecule has 0 saturated heterocycles. The number of aromatic nitrogens is 2. The van der Waals surface area contributed by atoms with E-state index in [1.807, 2.05) is 5.38 Å². The van der Waals surface area contributed by atoms with Crippen molar-refractivity contribution in [3.63, 3.8) is 0 Å². The molecule has 1 aliphatic rings. The standard InChI is InChI=1S/C13H17N5OS2/c14-11-10(21-13(18-11)17-8-2-1-3-8)12(19)15-5-4-9-6-20-7-16-9/h6-8H,1-5,14H2,(H,15,19)(H,17,18). The number of nitrogens with zero attached hydrogens (tertiary/aromatic N) is 2. The zero-order valence-corrected chi connectivity index (χ0v) is 13.1. The molecule has 1 saturated carbocycles. The van der Waals surface area contributed by atoms with Crippen molar-refractivity contribution in [3.05, 3.63) is 21.5 Å². The Balaban J connectivity index is 1.53. The highest BCUT2D eigenvalue weighted by atomic mass is 32.1. The minimum Gasteiger partial charge on any atom is -0.382 e. The van der Waals surface area contributed by atoms with E-state index in [1.54, 1.807) is 16.8 Å². The molecular weight excluding hydrogens is 306 g/mol. The molecule has 0 unspecified atom stereocenters. The lowest BCUT2D eigenvalue weighted by Crippen LogP contribution is -2.26. The largest absolute Gasteiger partial charge is 0.382 e. The minimum atomic E-state index is -0.165. The number of nitrogen functional groups attached to an aromatic ring is 1. The number of nitrogens with two attached hydrogens (primary N) is 1. The summed E-state index contributed by atoms with van der Waals surface area (Å²) in [4.78, 5) is 21.0. The molecule has 0 atom stereocenters. The van der Waals surface area contributed by atoms with Gasteiger partial charge in [0.05, 0.1) is 11.2 Å². The molecule has 0 bridgehead atoms. The van der Waals surface area contributed by atoms with E-state index in [0.717, 1.165) is 30.1 Å². The Morgan fingerprint density at radius 2 is 2.33 bits per heavy atom. The van der Waals surface area contributed by atoms with Crippen LogP contribution in [0.1, 0.15) is 34.6 Å². The van der Waals surface area contributed by atoms with Crippen LogP contribution >= 0.6 is 22.7 Å². The molecule has 1 fully saturated rings. The van der Waals surface area contributed by atoms with Gasteiger partial charge in [-0.3, -0.25) is 4.79 Å². The van der Waals surface area contributed by atoms with Crippen LogP contribution in [0, 0.1) is 0 Å². The molecule has 3 rings (SSSR count). The van der Waals surface area contributed by atoms with Crippen LogP contribution in [0.3, 0.4) is 0 Å². The first kappa shape index (κ1) is 14.3. The molecule has 0 spiro atoms. The molecule has 21 heavy (non-hydrogen) atoms. The molecular formula is C13H17N5OS2. The van der Waals surface area contributed by atoms with E-state index in [-0.39, 0.29) is 5.91 Å². The normalized spacial score (nSPS) is 14.7. The van der Waals surface area contributed by atoms with E-state index in [4.69, 9.17) is 5.73 Å². The van der Waals surface area contributed by atoms with Gasteiger partial charge in [-0.15, -0.1) is 11.3 Å². The molecule has 6 nitrogen and oxygen atoms in total. The van der Waals surface area contributed by atoms with Crippen LogP contribution < -0.4 is 16.4 Å². The van der Waals surface area contributed by atoms with Crippen LogP contribution in [0.15, 0.2) is 10.9 Å². The van der Waals surface area contributed by atoms with Gasteiger partial charge in [0.1, 0.15) is 10.7 Å². The van der Waals surface area contributed by atoms with Gasteiger partial charge in [-0.05, 0) is 19.3 Å². The third-order valence-corrected chi connectivity index (χ3v) is 5.08. The van der Waals surface area contributed by atoms with Gasteiger partial charge in [0.25, 0.3) is 5.91 Å². The van der Waals surface area contributed by atoms with E-state index >= 15 is 0 Å². The summed E-state index contributed by atoms with van der Waals surface area (Å²) < 4.78 is 0. The molecule has 2 aromatic heterocycles. The zero-order chi connectivity index (χ0) is 14.7. The van der Waals surface area contributed by atoms with Crippen molar-refractivity contribution in [3.8, 4) is 0 Å². The summed E-state index contributed by atoms with van der Waals surface area (Å²) >= 11 is 2.87. The van der Waals surface area contributed by atoms with E-state index in [9.17, 15) is 4.79 Å². The summed E-state index contributed by atoms with van der Waals surface area (Å²) in [5, 5.41) is 8.89. The van der Waals surface area contributed by atoms with E-state index < -0.39 is 0 Å². The molecule has 8 heteroatoms. The van der Waals surface area contributed by atoms with Crippen LogP contribution in [-0.2, 0) is 6.42 Å². The van der Waals surface area contributed by atoms with Crippen molar-refractivity contribution >= 4 is 39.5 Å². The van der Waals surface area contributed by atoms with Crippen molar-refractivity contribution in [1.82, 2.24) is 15.3 Å². The Labute approximate surface area is 130 Å². The second-order valence-corrected chi connectivity index (χ2v) is 6.71. The molecule has 0 aromatic carbocycles. The van der Waals surface area contributed by atoms with Crippen molar-refractivity contribution in [2.75, 3.05) is 17.6 Å². The highest BCUT2D eigenvalue weighted by Gasteiger charge is 2.21. The highest BCUT2D eigenvalue weighted by Crippen LogP contribution is 2.29. The van der Waals surface area contributed by atoms with Gasteiger partial charge in [0, 0.05) is 24.4 Å². The van der Waals surface area contributed by atoms with Crippen molar-refractivity contribution in [2.45, 2.75) is 31.7 Å². The minimum absolute atomic E-state index is 0.165. The smallest absolute Gasteiger partial charge is 0.265 e. The average Bonchev–Trinajstić information content (AvgIpc) is 3.03. The summed E-state index contributed by atoms with van der Waals surface area (Å²) in [5.41, 5.74) is 8.61. The fourth-order valence-electron chi connectivity index (χ4n) is 2.03. The van der Waals surface area contributed by atoms with Crippen LogP contribution in [-0.4, -0.2) is 28.5 Å². The lowest BCUT2D eigenvalue weighted by Gasteiger charge is -2.25. The molecule has 4 N–H and O–H groups in total. The molecule has 0 aliphatic heterocycles. The predicted octanol–water partition coefficient (Wildman–Crippen LogP) is 2.12. The average molecular weight is 323 g/mol. The van der Waals surface area contributed by atoms with Gasteiger partial charge in [-0.1, -0.05) is 11.3 Å². The Hall–Kier alpha value is -1.67. The number of carbonyl (C=O) groups is 1. The lowest BCUT2D eigenvalue weighted by molar-refractivity contribution is 0.0959. The molecule has 2 heterocycles. The third-order valence-electron chi connectivity index (χ3n) is 3.44. The highest BCUT2D eigenvalue weighted by molar-refractivity contribution is 7.18. The zero-order valence-electron chi connectivity index (χ0n) is 11.5. The number of hydrogen-bond donors (Lipinski definition) is 3. The maximum absolute atomic E-state index is 12.1. The Morgan fingerprint density at radius 1 is 1.48 bits per heavy atom. The van der Waals surface area contributed by atoms with Gasteiger partial charge >= 0.3 is 0 Å². The second kappa shape index (κ2) is 6.40. The number of nitrogens with one attached hydrogen (secondary N) is 2. The van der Waals surface area contributed by atoms with Gasteiger partial charge in [0.15, 0.2) is 5.13 Å². The van der Waals surface area contributed by atoms with Crippen LogP contribution in [0.4, 0.5) is 10.9 Å². The summed E-state index contributed by atoms with van der Waals surface area (Å²) in [6.45, 7) is 0.547. The van der Waals surface area contributed by atoms with Crippen LogP contribution in [0.2, 0.25) is 0 Å². The van der Waals surface area contributed by atoms with Crippen LogP contribution in [0.25, 0.3) is 0 Å². The number of hydrogen-bond acceptors (Lipinski definition) is 7. The fraction of sp³-hybridized carbons (Fsp3) is 0.462. The van der Waals surface area contributed by atoms with Crippen molar-refractivity contribution in [2.24, 2.45) is 0 Å². The number of amides is 1. The van der Waals surface area contributed by atoms with E-state index in [0.29, 0.717) is 23.3 Å². The van der Waals surface area contributed by atoms with Gasteiger partial charge in [0.2, 0.25) is 0 Å². The topological polar surface area (TPSA) is 92.9 Å². The van der Waals surface area contributed by atoms with Gasteiger partial charge in [-0.2, -0.15) is 0 Å². The Kier molecular flexibility index (Phi) is 4.35. The molecule has 1 amide bonds. The quantitative estimate of drug-likeness (QED) is 0.757. The fourth-order valence-corrected chi connectivity index (χ4v) is 3.50. The Bertz CT molecular complexity index is 606. The second-order valence-electron chi connectivity index (χ2n) is 4.99. The molecule has 1 aliphatic carbocycles. The van der Waals surface area contributed by atoms with Crippen molar-refractivity contribution in [1.29, 1.82) is 0 Å². The monoisotopic (exact) mass is 323 g/mol. The van der Waals surface area contributed by atoms with E-state index in [1.165, 1.54) is 17.8 Å². The summed E-state index contributed by atoms with van der Waals surface area (Å²) in [7, 11) is 0. The first-order valence-electron chi connectivity index (χ1n) is 6.90. The first-order valence-corrected chi connectivity index (χ1v) is 8.66. The predicted molar refractivity (Wildman–Crippen MR) is 85.9 cm³/mol. The summed E-state index contributed by atoms with van der Waals surface area (Å²) in [6.07, 6.45) is 4.30. The van der Waals surface area contributed by atoms with Gasteiger partial charge < -0.3 is 16.4 Å². The number of thiazole rings is 2. The first-order chi connectivity index (χ1) is 10.2. The summed E-state index contributed by atoms with van der Waals surface area (Å²) in [6, 6.07) is 0.483. The van der Waals surface area contributed by atoms with E-state index in [2.05, 4.69) is 20.6 Å². The maximum atomic E-state index is 12.1.